The van der Waals surface area contributed by atoms with Crippen molar-refractivity contribution in [1.29, 1.82) is 0 Å². The van der Waals surface area contributed by atoms with Gasteiger partial charge in [0.15, 0.2) is 0 Å². The molecule has 0 aliphatic carbocycles. The van der Waals surface area contributed by atoms with Gasteiger partial charge in [-0.15, -0.1) is 0 Å². The summed E-state index contributed by atoms with van der Waals surface area (Å²) in [6.45, 7) is 2.26. The van der Waals surface area contributed by atoms with Crippen LogP contribution in [0.15, 0.2) is 0 Å². The van der Waals surface area contributed by atoms with Crippen LogP contribution in [0.3, 0.4) is 0 Å². The van der Waals surface area contributed by atoms with Gasteiger partial charge in [0.25, 0.3) is 5.91 Å². The third-order valence-electron chi connectivity index (χ3n) is 4.40. The molecule has 1 amide bonds. The number of rotatable bonds is 16. The maximum absolute atomic E-state index is 11.0. The SMILES string of the molecule is CCCCCCCCCCCCCCCCC(N)(N)C(N)=O. The van der Waals surface area contributed by atoms with Gasteiger partial charge in [-0.05, 0) is 12.8 Å². The molecule has 0 saturated carbocycles. The van der Waals surface area contributed by atoms with Crippen molar-refractivity contribution in [2.24, 2.45) is 17.2 Å². The molecule has 0 aromatic heterocycles. The summed E-state index contributed by atoms with van der Waals surface area (Å²) in [5.41, 5.74) is 15.0. The fraction of sp³-hybridized carbons (Fsp3) is 0.944. The minimum absolute atomic E-state index is 0.486. The Bertz CT molecular complexity index is 267. The van der Waals surface area contributed by atoms with Crippen LogP contribution in [-0.2, 0) is 4.79 Å². The Balaban J connectivity index is 3.16. The summed E-state index contributed by atoms with van der Waals surface area (Å²) in [6, 6.07) is 0. The second kappa shape index (κ2) is 14.0. The van der Waals surface area contributed by atoms with Crippen molar-refractivity contribution in [3.8, 4) is 0 Å². The number of nitrogens with two attached hydrogens (primary N) is 3. The average molecular weight is 314 g/mol. The molecule has 0 unspecified atom stereocenters. The highest BCUT2D eigenvalue weighted by Crippen LogP contribution is 2.14. The summed E-state index contributed by atoms with van der Waals surface area (Å²) in [5.74, 6) is -0.609. The molecule has 22 heavy (non-hydrogen) atoms. The lowest BCUT2D eigenvalue weighted by Crippen LogP contribution is -2.59. The van der Waals surface area contributed by atoms with E-state index < -0.39 is 11.6 Å². The van der Waals surface area contributed by atoms with Crippen LogP contribution in [0.4, 0.5) is 0 Å². The Kier molecular flexibility index (Phi) is 13.6. The van der Waals surface area contributed by atoms with E-state index in [0.29, 0.717) is 6.42 Å². The standard InChI is InChI=1S/C18H39N3O/c1-2-3-4-5-6-7-8-9-10-11-12-13-14-15-16-18(20,21)17(19)22/h2-16,20-21H2,1H3,(H2,19,22). The number of carbonyl (C=O) groups excluding carboxylic acids is 1. The molecule has 0 bridgehead atoms. The molecule has 0 rings (SSSR count). The third kappa shape index (κ3) is 13.1. The van der Waals surface area contributed by atoms with E-state index in [1.807, 2.05) is 0 Å². The lowest BCUT2D eigenvalue weighted by Gasteiger charge is -2.19. The minimum atomic E-state index is -1.32. The molecule has 4 nitrogen and oxygen atoms in total. The van der Waals surface area contributed by atoms with Crippen molar-refractivity contribution in [3.63, 3.8) is 0 Å². The molecule has 0 aliphatic heterocycles. The van der Waals surface area contributed by atoms with E-state index in [0.717, 1.165) is 12.8 Å². The van der Waals surface area contributed by atoms with Crippen LogP contribution in [0.5, 0.6) is 0 Å². The Morgan fingerprint density at radius 1 is 0.682 bits per heavy atom. The third-order valence-corrected chi connectivity index (χ3v) is 4.40. The van der Waals surface area contributed by atoms with E-state index in [9.17, 15) is 4.79 Å². The van der Waals surface area contributed by atoms with E-state index in [1.54, 1.807) is 0 Å². The molecule has 0 spiro atoms. The number of hydrogen-bond donors (Lipinski definition) is 3. The van der Waals surface area contributed by atoms with Crippen molar-refractivity contribution in [1.82, 2.24) is 0 Å². The van der Waals surface area contributed by atoms with Crippen LogP contribution in [0.2, 0.25) is 0 Å². The maximum Gasteiger partial charge on any atom is 0.252 e. The maximum atomic E-state index is 11.0. The van der Waals surface area contributed by atoms with Gasteiger partial charge in [0.1, 0.15) is 5.66 Å². The predicted octanol–water partition coefficient (Wildman–Crippen LogP) is 3.96. The van der Waals surface area contributed by atoms with Crippen LogP contribution in [-0.4, -0.2) is 11.6 Å². The molecule has 0 fully saturated rings. The first-order valence-corrected chi connectivity index (χ1v) is 9.38. The lowest BCUT2D eigenvalue weighted by atomic mass is 10.0. The lowest BCUT2D eigenvalue weighted by molar-refractivity contribution is -0.123. The van der Waals surface area contributed by atoms with E-state index in [4.69, 9.17) is 17.2 Å². The molecule has 0 saturated heterocycles. The first kappa shape index (κ1) is 21.4. The zero-order chi connectivity index (χ0) is 16.7. The summed E-state index contributed by atoms with van der Waals surface area (Å²) >= 11 is 0. The average Bonchev–Trinajstić information content (AvgIpc) is 2.47. The van der Waals surface area contributed by atoms with Crippen molar-refractivity contribution >= 4 is 5.91 Å². The molecule has 0 aliphatic rings. The van der Waals surface area contributed by atoms with Gasteiger partial charge in [-0.2, -0.15) is 0 Å². The fourth-order valence-electron chi connectivity index (χ4n) is 2.74. The first-order chi connectivity index (χ1) is 10.5. The largest absolute Gasteiger partial charge is 0.367 e. The highest BCUT2D eigenvalue weighted by molar-refractivity contribution is 5.83. The van der Waals surface area contributed by atoms with Crippen LogP contribution >= 0.6 is 0 Å². The van der Waals surface area contributed by atoms with Crippen molar-refractivity contribution in [2.75, 3.05) is 0 Å². The molecule has 0 aromatic rings. The molecule has 132 valence electrons. The zero-order valence-electron chi connectivity index (χ0n) is 14.7. The first-order valence-electron chi connectivity index (χ1n) is 9.38. The molecular weight excluding hydrogens is 274 g/mol. The fourth-order valence-corrected chi connectivity index (χ4v) is 2.74. The van der Waals surface area contributed by atoms with Gasteiger partial charge in [0.05, 0.1) is 0 Å². The van der Waals surface area contributed by atoms with Crippen molar-refractivity contribution < 1.29 is 4.79 Å². The summed E-state index contributed by atoms with van der Waals surface area (Å²) in [6.07, 6.45) is 18.8. The molecule has 0 radical (unpaired) electrons. The highest BCUT2D eigenvalue weighted by atomic mass is 16.1. The van der Waals surface area contributed by atoms with Gasteiger partial charge in [0, 0.05) is 0 Å². The summed E-state index contributed by atoms with van der Waals surface area (Å²) in [7, 11) is 0. The number of carbonyl (C=O) groups is 1. The topological polar surface area (TPSA) is 95.1 Å². The van der Waals surface area contributed by atoms with Gasteiger partial charge in [-0.1, -0.05) is 90.4 Å². The number of unbranched alkanes of at least 4 members (excludes halogenated alkanes) is 13. The number of hydrogen-bond acceptors (Lipinski definition) is 3. The molecular formula is C18H39N3O. The summed E-state index contributed by atoms with van der Waals surface area (Å²) in [5, 5.41) is 0. The van der Waals surface area contributed by atoms with Crippen LogP contribution in [0.1, 0.15) is 103 Å². The molecule has 0 heterocycles. The summed E-state index contributed by atoms with van der Waals surface area (Å²) in [4.78, 5) is 11.0. The smallest absolute Gasteiger partial charge is 0.252 e. The second-order valence-electron chi connectivity index (χ2n) is 6.75. The van der Waals surface area contributed by atoms with Gasteiger partial charge < -0.3 is 17.2 Å². The zero-order valence-corrected chi connectivity index (χ0v) is 14.7. The van der Waals surface area contributed by atoms with Gasteiger partial charge >= 0.3 is 0 Å². The van der Waals surface area contributed by atoms with Crippen molar-refractivity contribution in [3.05, 3.63) is 0 Å². The van der Waals surface area contributed by atoms with Crippen LogP contribution in [0.25, 0.3) is 0 Å². The number of amides is 1. The Labute approximate surface area is 137 Å². The van der Waals surface area contributed by atoms with E-state index in [1.165, 1.54) is 77.0 Å². The van der Waals surface area contributed by atoms with Gasteiger partial charge in [-0.3, -0.25) is 4.79 Å². The molecule has 4 heteroatoms. The molecule has 0 aromatic carbocycles. The van der Waals surface area contributed by atoms with Crippen LogP contribution in [0, 0.1) is 0 Å². The van der Waals surface area contributed by atoms with Crippen LogP contribution < -0.4 is 17.2 Å². The van der Waals surface area contributed by atoms with E-state index in [-0.39, 0.29) is 0 Å². The van der Waals surface area contributed by atoms with E-state index >= 15 is 0 Å². The summed E-state index contributed by atoms with van der Waals surface area (Å²) < 4.78 is 0. The Hall–Kier alpha value is -0.610. The monoisotopic (exact) mass is 313 g/mol. The normalized spacial score (nSPS) is 11.8. The highest BCUT2D eigenvalue weighted by Gasteiger charge is 2.25. The number of primary amides is 1. The Morgan fingerprint density at radius 2 is 1.00 bits per heavy atom. The van der Waals surface area contributed by atoms with Gasteiger partial charge in [-0.25, -0.2) is 0 Å². The second-order valence-corrected chi connectivity index (χ2v) is 6.75. The Morgan fingerprint density at radius 3 is 1.32 bits per heavy atom. The quantitative estimate of drug-likeness (QED) is 0.297. The van der Waals surface area contributed by atoms with E-state index in [2.05, 4.69) is 6.92 Å². The van der Waals surface area contributed by atoms with Gasteiger partial charge in [0.2, 0.25) is 0 Å². The minimum Gasteiger partial charge on any atom is -0.367 e. The van der Waals surface area contributed by atoms with Crippen molar-refractivity contribution in [2.45, 2.75) is 109 Å². The molecule has 6 N–H and O–H groups in total. The predicted molar refractivity (Wildman–Crippen MR) is 95.2 cm³/mol. The molecule has 0 atom stereocenters.